The van der Waals surface area contributed by atoms with Crippen LogP contribution < -0.4 is 5.32 Å². The number of hydrogen-bond acceptors (Lipinski definition) is 4. The van der Waals surface area contributed by atoms with Crippen molar-refractivity contribution in [2.45, 2.75) is 38.1 Å². The summed E-state index contributed by atoms with van der Waals surface area (Å²) >= 11 is 12.0. The number of imidazole rings is 1. The summed E-state index contributed by atoms with van der Waals surface area (Å²) in [6, 6.07) is 10.1. The second kappa shape index (κ2) is 10.2. The average molecular weight is 497 g/mol. The van der Waals surface area contributed by atoms with Crippen LogP contribution in [0.3, 0.4) is 0 Å². The van der Waals surface area contributed by atoms with Gasteiger partial charge in [0.15, 0.2) is 0 Å². The molecule has 0 spiro atoms. The molecular weight excluding hydrogens is 471 g/mol. The number of rotatable bonds is 9. The van der Waals surface area contributed by atoms with Crippen LogP contribution in [0.1, 0.15) is 31.7 Å². The smallest absolute Gasteiger partial charge is 0.243 e. The Bertz CT molecular complexity index is 1240. The third-order valence-corrected chi connectivity index (χ3v) is 7.99. The predicted molar refractivity (Wildman–Crippen MR) is 127 cm³/mol. The van der Waals surface area contributed by atoms with Crippen molar-refractivity contribution in [3.8, 4) is 0 Å². The van der Waals surface area contributed by atoms with Crippen LogP contribution in [0.15, 0.2) is 41.3 Å². The Labute approximate surface area is 198 Å². The Balaban J connectivity index is 1.70. The van der Waals surface area contributed by atoms with E-state index in [1.807, 2.05) is 25.5 Å². The first kappa shape index (κ1) is 24.5. The van der Waals surface area contributed by atoms with Gasteiger partial charge in [-0.1, -0.05) is 43.1 Å². The zero-order valence-electron chi connectivity index (χ0n) is 18.2. The molecule has 1 amide bonds. The quantitative estimate of drug-likeness (QED) is 0.481. The summed E-state index contributed by atoms with van der Waals surface area (Å²) < 4.78 is 28.9. The largest absolute Gasteiger partial charge is 0.352 e. The van der Waals surface area contributed by atoms with Crippen LogP contribution in [0.25, 0.3) is 11.0 Å². The van der Waals surface area contributed by atoms with Crippen LogP contribution >= 0.6 is 23.2 Å². The lowest BCUT2D eigenvalue weighted by Gasteiger charge is -2.18. The van der Waals surface area contributed by atoms with Gasteiger partial charge < -0.3 is 9.88 Å². The van der Waals surface area contributed by atoms with Gasteiger partial charge in [0.25, 0.3) is 0 Å². The molecule has 32 heavy (non-hydrogen) atoms. The zero-order chi connectivity index (χ0) is 23.5. The average Bonchev–Trinajstić information content (AvgIpc) is 3.07. The van der Waals surface area contributed by atoms with Crippen molar-refractivity contribution >= 4 is 50.2 Å². The van der Waals surface area contributed by atoms with E-state index in [9.17, 15) is 13.2 Å². The lowest BCUT2D eigenvalue weighted by molar-refractivity contribution is -0.121. The Hall–Kier alpha value is -2.13. The summed E-state index contributed by atoms with van der Waals surface area (Å²) in [5.74, 6) is 0.574. The number of sulfonamides is 1. The highest BCUT2D eigenvalue weighted by Gasteiger charge is 2.22. The number of carbonyl (C=O) groups excluding carboxylic acids is 1. The van der Waals surface area contributed by atoms with Crippen LogP contribution in [-0.4, -0.2) is 41.3 Å². The predicted octanol–water partition coefficient (Wildman–Crippen LogP) is 4.16. The molecule has 0 fully saturated rings. The number of nitrogens with one attached hydrogen (secondary N) is 1. The number of halogens is 2. The molecule has 3 aromatic rings. The molecule has 0 aliphatic carbocycles. The minimum atomic E-state index is -3.56. The van der Waals surface area contributed by atoms with E-state index in [0.717, 1.165) is 11.1 Å². The molecule has 3 rings (SSSR count). The summed E-state index contributed by atoms with van der Waals surface area (Å²) in [7, 11) is -1.71. The second-order valence-electron chi connectivity index (χ2n) is 7.34. The van der Waals surface area contributed by atoms with Gasteiger partial charge in [-0.2, -0.15) is 4.31 Å². The van der Waals surface area contributed by atoms with E-state index in [1.165, 1.54) is 4.31 Å². The zero-order valence-corrected chi connectivity index (χ0v) is 20.6. The number of benzene rings is 2. The Morgan fingerprint density at radius 2 is 1.84 bits per heavy atom. The monoisotopic (exact) mass is 496 g/mol. The molecule has 0 bridgehead atoms. The maximum absolute atomic E-state index is 12.8. The SMILES string of the molecule is CCN(CC)S(=O)(=O)c1ccc2c(c1)nc(CCC(=O)NCc1ccc(Cl)cc1Cl)n2C. The maximum Gasteiger partial charge on any atom is 0.243 e. The first-order valence-electron chi connectivity index (χ1n) is 10.3. The molecule has 1 aromatic heterocycles. The lowest BCUT2D eigenvalue weighted by Crippen LogP contribution is -2.30. The van der Waals surface area contributed by atoms with Gasteiger partial charge in [0.05, 0.1) is 15.9 Å². The summed E-state index contributed by atoms with van der Waals surface area (Å²) in [4.78, 5) is 17.1. The van der Waals surface area contributed by atoms with Crippen molar-refractivity contribution in [2.24, 2.45) is 7.05 Å². The molecule has 0 atom stereocenters. The molecule has 172 valence electrons. The Morgan fingerprint density at radius 1 is 1.12 bits per heavy atom. The van der Waals surface area contributed by atoms with E-state index in [-0.39, 0.29) is 17.2 Å². The molecule has 7 nitrogen and oxygen atoms in total. The van der Waals surface area contributed by atoms with Gasteiger partial charge in [-0.3, -0.25) is 4.79 Å². The molecule has 2 aromatic carbocycles. The van der Waals surface area contributed by atoms with E-state index < -0.39 is 10.0 Å². The first-order valence-corrected chi connectivity index (χ1v) is 12.5. The van der Waals surface area contributed by atoms with E-state index in [1.54, 1.807) is 36.4 Å². The molecule has 0 aliphatic heterocycles. The highest BCUT2D eigenvalue weighted by atomic mass is 35.5. The third-order valence-electron chi connectivity index (χ3n) is 5.35. The lowest BCUT2D eigenvalue weighted by atomic mass is 10.2. The second-order valence-corrected chi connectivity index (χ2v) is 10.1. The van der Waals surface area contributed by atoms with E-state index in [0.29, 0.717) is 47.4 Å². The van der Waals surface area contributed by atoms with Crippen molar-refractivity contribution in [1.82, 2.24) is 19.2 Å². The molecular formula is C22H26Cl2N4O3S. The third kappa shape index (κ3) is 5.26. The van der Waals surface area contributed by atoms with E-state index in [2.05, 4.69) is 10.3 Å². The fourth-order valence-corrected chi connectivity index (χ4v) is 5.45. The number of fused-ring (bicyclic) bond motifs is 1. The van der Waals surface area contributed by atoms with E-state index >= 15 is 0 Å². The summed E-state index contributed by atoms with van der Waals surface area (Å²) in [5, 5.41) is 3.89. The van der Waals surface area contributed by atoms with Gasteiger partial charge >= 0.3 is 0 Å². The number of aryl methyl sites for hydroxylation is 2. The topological polar surface area (TPSA) is 84.3 Å². The van der Waals surface area contributed by atoms with Crippen molar-refractivity contribution in [3.05, 3.63) is 57.8 Å². The minimum Gasteiger partial charge on any atom is -0.352 e. The molecule has 10 heteroatoms. The van der Waals surface area contributed by atoms with Crippen LogP contribution in [-0.2, 0) is 34.8 Å². The van der Waals surface area contributed by atoms with Gasteiger partial charge in [0, 0.05) is 49.6 Å². The molecule has 0 aliphatic rings. The highest BCUT2D eigenvalue weighted by Crippen LogP contribution is 2.23. The standard InChI is InChI=1S/C22H26Cl2N4O3S/c1-4-28(5-2)32(30,31)17-8-9-20-19(13-17)26-21(27(20)3)10-11-22(29)25-14-15-6-7-16(23)12-18(15)24/h6-9,12-13H,4-5,10-11,14H2,1-3H3,(H,25,29). The maximum atomic E-state index is 12.8. The number of amides is 1. The van der Waals surface area contributed by atoms with Gasteiger partial charge in [0.2, 0.25) is 15.9 Å². The molecule has 1 heterocycles. The molecule has 0 radical (unpaired) electrons. The number of nitrogens with zero attached hydrogens (tertiary/aromatic N) is 3. The molecule has 0 saturated carbocycles. The summed E-state index contributed by atoms with van der Waals surface area (Å²) in [5.41, 5.74) is 2.19. The van der Waals surface area contributed by atoms with Crippen molar-refractivity contribution in [1.29, 1.82) is 0 Å². The van der Waals surface area contributed by atoms with Gasteiger partial charge in [-0.05, 0) is 35.9 Å². The fraction of sp³-hybridized carbons (Fsp3) is 0.364. The van der Waals surface area contributed by atoms with Crippen molar-refractivity contribution in [3.63, 3.8) is 0 Å². The number of carbonyl (C=O) groups is 1. The molecule has 0 saturated heterocycles. The van der Waals surface area contributed by atoms with Crippen LogP contribution in [0.2, 0.25) is 10.0 Å². The molecule has 0 unspecified atom stereocenters. The first-order chi connectivity index (χ1) is 15.2. The number of aromatic nitrogens is 2. The summed E-state index contributed by atoms with van der Waals surface area (Å²) in [6.07, 6.45) is 0.663. The minimum absolute atomic E-state index is 0.132. The summed E-state index contributed by atoms with van der Waals surface area (Å²) in [6.45, 7) is 4.74. The van der Waals surface area contributed by atoms with Crippen molar-refractivity contribution < 1.29 is 13.2 Å². The van der Waals surface area contributed by atoms with Crippen molar-refractivity contribution in [2.75, 3.05) is 13.1 Å². The molecule has 1 N–H and O–H groups in total. The fourth-order valence-electron chi connectivity index (χ4n) is 3.50. The highest BCUT2D eigenvalue weighted by molar-refractivity contribution is 7.89. The van der Waals surface area contributed by atoms with Crippen LogP contribution in [0.4, 0.5) is 0 Å². The van der Waals surface area contributed by atoms with Gasteiger partial charge in [0.1, 0.15) is 5.82 Å². The van der Waals surface area contributed by atoms with Gasteiger partial charge in [-0.15, -0.1) is 0 Å². The van der Waals surface area contributed by atoms with Crippen LogP contribution in [0.5, 0.6) is 0 Å². The van der Waals surface area contributed by atoms with E-state index in [4.69, 9.17) is 23.2 Å². The Kier molecular flexibility index (Phi) is 7.82. The van der Waals surface area contributed by atoms with Crippen LogP contribution in [0, 0.1) is 0 Å². The number of hydrogen-bond donors (Lipinski definition) is 1. The normalized spacial score (nSPS) is 11.9. The Morgan fingerprint density at radius 3 is 2.50 bits per heavy atom. The van der Waals surface area contributed by atoms with Gasteiger partial charge in [-0.25, -0.2) is 13.4 Å².